The second kappa shape index (κ2) is 13.2. The van der Waals surface area contributed by atoms with Crippen LogP contribution in [-0.4, -0.2) is 38.3 Å². The van der Waals surface area contributed by atoms with Crippen LogP contribution in [0, 0.1) is 30.4 Å². The van der Waals surface area contributed by atoms with Gasteiger partial charge in [0.25, 0.3) is 0 Å². The number of methoxy groups -OCH3 is 2. The van der Waals surface area contributed by atoms with Crippen molar-refractivity contribution in [3.63, 3.8) is 0 Å². The van der Waals surface area contributed by atoms with Crippen LogP contribution in [0.5, 0.6) is 11.5 Å². The predicted octanol–water partition coefficient (Wildman–Crippen LogP) is 5.53. The number of benzene rings is 2. The lowest BCUT2D eigenvalue weighted by Gasteiger charge is -2.25. The van der Waals surface area contributed by atoms with Crippen molar-refractivity contribution in [3.05, 3.63) is 88.4 Å². The molecule has 3 N–H and O–H groups in total. The molecule has 1 aliphatic heterocycles. The number of anilines is 3. The van der Waals surface area contributed by atoms with Gasteiger partial charge in [-0.2, -0.15) is 0 Å². The number of aliphatic hydroxyl groups excluding tert-OH is 1. The first kappa shape index (κ1) is 31.8. The van der Waals surface area contributed by atoms with E-state index in [2.05, 4.69) is 28.7 Å². The maximum absolute atomic E-state index is 15.2. The smallest absolute Gasteiger partial charge is 0.247 e. The molecule has 1 aliphatic carbocycles. The number of aliphatic hydroxyl groups is 1. The third-order valence-electron chi connectivity index (χ3n) is 8.68. The average molecular weight is 620 g/mol. The number of hydrogen-bond acceptors (Lipinski definition) is 7. The van der Waals surface area contributed by atoms with Crippen LogP contribution in [0.4, 0.5) is 25.8 Å². The molecule has 45 heavy (non-hydrogen) atoms. The van der Waals surface area contributed by atoms with Gasteiger partial charge in [-0.25, -0.2) is 8.78 Å². The Bertz CT molecular complexity index is 1730. The molecule has 3 unspecified atom stereocenters. The predicted molar refractivity (Wildman–Crippen MR) is 172 cm³/mol. The first-order valence-electron chi connectivity index (χ1n) is 14.9. The van der Waals surface area contributed by atoms with Crippen LogP contribution in [-0.2, 0) is 4.79 Å². The van der Waals surface area contributed by atoms with Gasteiger partial charge in [0, 0.05) is 41.3 Å². The summed E-state index contributed by atoms with van der Waals surface area (Å²) in [6, 6.07) is 6.93. The van der Waals surface area contributed by atoms with E-state index in [1.54, 1.807) is 26.0 Å². The van der Waals surface area contributed by atoms with Crippen molar-refractivity contribution in [2.24, 2.45) is 11.8 Å². The first-order chi connectivity index (χ1) is 21.6. The van der Waals surface area contributed by atoms with E-state index in [0.717, 1.165) is 36.7 Å². The Kier molecular flexibility index (Phi) is 9.34. The molecule has 2 aromatic carbocycles. The van der Waals surface area contributed by atoms with Gasteiger partial charge in [0.1, 0.15) is 17.3 Å². The van der Waals surface area contributed by atoms with Crippen molar-refractivity contribution in [2.75, 3.05) is 42.8 Å². The molecule has 238 valence electrons. The summed E-state index contributed by atoms with van der Waals surface area (Å²) in [6.45, 7) is 13.1. The summed E-state index contributed by atoms with van der Waals surface area (Å²) in [7, 11) is 2.47. The maximum atomic E-state index is 15.2. The van der Waals surface area contributed by atoms with E-state index in [-0.39, 0.29) is 23.2 Å². The van der Waals surface area contributed by atoms with Crippen molar-refractivity contribution >= 4 is 35.1 Å². The Hall–Kier alpha value is -4.57. The van der Waals surface area contributed by atoms with Gasteiger partial charge in [0.2, 0.25) is 5.91 Å². The van der Waals surface area contributed by atoms with E-state index >= 15 is 8.78 Å². The zero-order valence-electron chi connectivity index (χ0n) is 26.0. The highest BCUT2D eigenvalue weighted by atomic mass is 19.1. The topological polar surface area (TPSA) is 96.2 Å². The molecular formula is C35H39F2N3O5. The van der Waals surface area contributed by atoms with E-state index in [1.165, 1.54) is 39.6 Å². The molecule has 3 aromatic rings. The second-order valence-corrected chi connectivity index (χ2v) is 11.4. The Morgan fingerprint density at radius 3 is 2.31 bits per heavy atom. The van der Waals surface area contributed by atoms with Crippen LogP contribution in [0.2, 0.25) is 0 Å². The van der Waals surface area contributed by atoms with Crippen LogP contribution in [0.3, 0.4) is 0 Å². The molecule has 0 spiro atoms. The summed E-state index contributed by atoms with van der Waals surface area (Å²) in [5, 5.41) is 17.9. The standard InChI is InChI=1S/C35H39F2N3O5/c1-7-27-24(20(4)35(45-27)34(42)31-32(36)28(43-5)18-29(44-6)33(31)37)15-19(3)38-25-10-9-23(17-26(25)39-30(41)8-2)40-13-11-21-16-22(21)12-14-40/h7-10,15,17-18,21-22,34,38,42H,2-3,11-14,16H2,1,4-6H3,(H,39,41)/b24-15-,27-7+. The molecule has 1 saturated heterocycles. The molecule has 2 fully saturated rings. The third-order valence-corrected chi connectivity index (χ3v) is 8.68. The number of ether oxygens (including phenoxy) is 2. The Labute approximate surface area is 261 Å². The summed E-state index contributed by atoms with van der Waals surface area (Å²) in [5.74, 6) is -1.41. The van der Waals surface area contributed by atoms with Crippen LogP contribution in [0.25, 0.3) is 12.2 Å². The number of fused-ring (bicyclic) bond motifs is 1. The van der Waals surface area contributed by atoms with Gasteiger partial charge < -0.3 is 34.5 Å². The fourth-order valence-corrected chi connectivity index (χ4v) is 6.04. The summed E-state index contributed by atoms with van der Waals surface area (Å²) < 4.78 is 46.4. The van der Waals surface area contributed by atoms with Gasteiger partial charge in [0.15, 0.2) is 23.1 Å². The summed E-state index contributed by atoms with van der Waals surface area (Å²) >= 11 is 0. The molecule has 0 radical (unpaired) electrons. The minimum absolute atomic E-state index is 0.0476. The Morgan fingerprint density at radius 1 is 1.09 bits per heavy atom. The molecule has 8 nitrogen and oxygen atoms in total. The number of hydrogen-bond donors (Lipinski definition) is 3. The summed E-state index contributed by atoms with van der Waals surface area (Å²) in [5.41, 5.74) is 2.82. The lowest BCUT2D eigenvalue weighted by molar-refractivity contribution is -0.111. The normalized spacial score (nSPS) is 19.0. The van der Waals surface area contributed by atoms with Crippen molar-refractivity contribution in [2.45, 2.75) is 39.2 Å². The third kappa shape index (κ3) is 6.47. The fraction of sp³-hybridized carbons (Fsp3) is 0.343. The van der Waals surface area contributed by atoms with Crippen molar-refractivity contribution in [1.29, 1.82) is 0 Å². The van der Waals surface area contributed by atoms with Gasteiger partial charge >= 0.3 is 0 Å². The molecule has 10 heteroatoms. The van der Waals surface area contributed by atoms with Gasteiger partial charge in [0.05, 0.1) is 31.2 Å². The van der Waals surface area contributed by atoms with Crippen LogP contribution in [0.1, 0.15) is 49.2 Å². The SMILES string of the molecule is C=CC(=O)Nc1cc(N2CCC3CC3CC2)ccc1NC(=C)/C=c1/c(C)c(C(O)c2c(F)c(OC)cc(OC)c2F)o/c1=C/C. The summed E-state index contributed by atoms with van der Waals surface area (Å²) in [4.78, 5) is 14.7. The number of halogens is 2. The molecule has 1 amide bonds. The zero-order valence-corrected chi connectivity index (χ0v) is 26.0. The Morgan fingerprint density at radius 2 is 1.73 bits per heavy atom. The van der Waals surface area contributed by atoms with E-state index in [0.29, 0.717) is 33.3 Å². The van der Waals surface area contributed by atoms with Crippen molar-refractivity contribution < 1.29 is 32.6 Å². The minimum atomic E-state index is -1.80. The molecule has 2 aliphatic rings. The lowest BCUT2D eigenvalue weighted by Crippen LogP contribution is -2.25. The van der Waals surface area contributed by atoms with E-state index in [9.17, 15) is 9.90 Å². The first-order valence-corrected chi connectivity index (χ1v) is 14.9. The molecule has 1 aromatic heterocycles. The zero-order chi connectivity index (χ0) is 32.4. The molecule has 1 saturated carbocycles. The number of nitrogens with zero attached hydrogens (tertiary/aromatic N) is 1. The average Bonchev–Trinajstić information content (AvgIpc) is 3.75. The quantitative estimate of drug-likeness (QED) is 0.257. The minimum Gasteiger partial charge on any atom is -0.494 e. The molecule has 3 atom stereocenters. The van der Waals surface area contributed by atoms with Gasteiger partial charge in [-0.05, 0) is 81.4 Å². The maximum Gasteiger partial charge on any atom is 0.247 e. The van der Waals surface area contributed by atoms with Crippen LogP contribution >= 0.6 is 0 Å². The second-order valence-electron chi connectivity index (χ2n) is 11.4. The van der Waals surface area contributed by atoms with Gasteiger partial charge in [-0.15, -0.1) is 0 Å². The number of furan rings is 1. The van der Waals surface area contributed by atoms with Crippen LogP contribution < -0.4 is 35.6 Å². The molecule has 5 rings (SSSR count). The van der Waals surface area contributed by atoms with E-state index in [1.807, 2.05) is 18.2 Å². The highest BCUT2D eigenvalue weighted by molar-refractivity contribution is 6.01. The number of carbonyl (C=O) groups is 1. The van der Waals surface area contributed by atoms with E-state index in [4.69, 9.17) is 13.9 Å². The highest BCUT2D eigenvalue weighted by Gasteiger charge is 2.38. The molecular weight excluding hydrogens is 580 g/mol. The molecule has 2 heterocycles. The monoisotopic (exact) mass is 619 g/mol. The summed E-state index contributed by atoms with van der Waals surface area (Å²) in [6.07, 6.45) is 6.49. The molecule has 0 bridgehead atoms. The van der Waals surface area contributed by atoms with Gasteiger partial charge in [-0.1, -0.05) is 13.2 Å². The number of nitrogens with one attached hydrogen (secondary N) is 2. The number of carbonyl (C=O) groups excluding carboxylic acids is 1. The fourth-order valence-electron chi connectivity index (χ4n) is 6.04. The number of amides is 1. The van der Waals surface area contributed by atoms with Crippen LogP contribution in [0.15, 0.2) is 53.6 Å². The number of rotatable bonds is 10. The van der Waals surface area contributed by atoms with Crippen molar-refractivity contribution in [3.8, 4) is 11.5 Å². The van der Waals surface area contributed by atoms with E-state index < -0.39 is 23.3 Å². The lowest BCUT2D eigenvalue weighted by atomic mass is 10.0. The van der Waals surface area contributed by atoms with Gasteiger partial charge in [-0.3, -0.25) is 4.79 Å². The van der Waals surface area contributed by atoms with Crippen molar-refractivity contribution in [1.82, 2.24) is 0 Å². The largest absolute Gasteiger partial charge is 0.494 e. The highest BCUT2D eigenvalue weighted by Crippen LogP contribution is 2.46. The number of allylic oxidation sites excluding steroid dienone is 1. The Balaban J connectivity index is 1.46.